The molecule has 0 saturated carbocycles. The third-order valence-electron chi connectivity index (χ3n) is 2.21. The van der Waals surface area contributed by atoms with E-state index in [1.165, 1.54) is 0 Å². The molecule has 0 aliphatic carbocycles. The second-order valence-electron chi connectivity index (χ2n) is 3.30. The van der Waals surface area contributed by atoms with Crippen molar-refractivity contribution >= 4 is 32.4 Å². The van der Waals surface area contributed by atoms with Gasteiger partial charge in [0.2, 0.25) is 0 Å². The standard InChI is InChI=1S/C9H11BrN2OS/c10-8-5-11-3-1-9(8)12-7-2-4-14(13)6-7/h1,3,5,7H,2,4,6H2,(H,11,12). The van der Waals surface area contributed by atoms with Crippen molar-refractivity contribution in [1.82, 2.24) is 4.98 Å². The van der Waals surface area contributed by atoms with Crippen LogP contribution in [0.15, 0.2) is 22.9 Å². The zero-order valence-corrected chi connectivity index (χ0v) is 9.97. The minimum Gasteiger partial charge on any atom is -0.380 e. The predicted octanol–water partition coefficient (Wildman–Crippen LogP) is 1.78. The summed E-state index contributed by atoms with van der Waals surface area (Å²) in [5, 5.41) is 3.36. The van der Waals surface area contributed by atoms with E-state index >= 15 is 0 Å². The first-order valence-electron chi connectivity index (χ1n) is 4.47. The molecule has 2 heterocycles. The summed E-state index contributed by atoms with van der Waals surface area (Å²) in [5.74, 6) is 1.58. The summed E-state index contributed by atoms with van der Waals surface area (Å²) in [6.45, 7) is 0. The first-order valence-corrected chi connectivity index (χ1v) is 6.75. The van der Waals surface area contributed by atoms with E-state index in [-0.39, 0.29) is 0 Å². The molecule has 0 spiro atoms. The van der Waals surface area contributed by atoms with Crippen LogP contribution in [0.5, 0.6) is 0 Å². The zero-order valence-electron chi connectivity index (χ0n) is 7.57. The topological polar surface area (TPSA) is 42.0 Å². The molecular formula is C9H11BrN2OS. The maximum Gasteiger partial charge on any atom is 0.0590 e. The smallest absolute Gasteiger partial charge is 0.0590 e. The van der Waals surface area contributed by atoms with Gasteiger partial charge in [0.25, 0.3) is 0 Å². The second-order valence-corrected chi connectivity index (χ2v) is 5.77. The highest BCUT2D eigenvalue weighted by Gasteiger charge is 2.21. The fraction of sp³-hybridized carbons (Fsp3) is 0.444. The molecule has 2 atom stereocenters. The Labute approximate surface area is 93.9 Å². The Bertz CT molecular complexity index is 358. The zero-order chi connectivity index (χ0) is 9.97. The first-order chi connectivity index (χ1) is 6.75. The molecule has 2 unspecified atom stereocenters. The lowest BCUT2D eigenvalue weighted by Crippen LogP contribution is -2.19. The molecule has 5 heteroatoms. The summed E-state index contributed by atoms with van der Waals surface area (Å²) in [5.41, 5.74) is 1.03. The molecule has 0 radical (unpaired) electrons. The predicted molar refractivity (Wildman–Crippen MR) is 61.8 cm³/mol. The van der Waals surface area contributed by atoms with Crippen molar-refractivity contribution < 1.29 is 4.21 Å². The van der Waals surface area contributed by atoms with Crippen LogP contribution in [0.4, 0.5) is 5.69 Å². The van der Waals surface area contributed by atoms with Crippen molar-refractivity contribution in [2.24, 2.45) is 0 Å². The number of rotatable bonds is 2. The molecule has 1 saturated heterocycles. The van der Waals surface area contributed by atoms with Crippen molar-refractivity contribution in [3.05, 3.63) is 22.9 Å². The van der Waals surface area contributed by atoms with Crippen LogP contribution in [-0.4, -0.2) is 26.7 Å². The number of aromatic nitrogens is 1. The van der Waals surface area contributed by atoms with Crippen LogP contribution in [0.25, 0.3) is 0 Å². The lowest BCUT2D eigenvalue weighted by atomic mass is 10.2. The highest BCUT2D eigenvalue weighted by Crippen LogP contribution is 2.22. The molecule has 1 aromatic heterocycles. The SMILES string of the molecule is O=S1CCC(Nc2ccncc2Br)C1. The van der Waals surface area contributed by atoms with Gasteiger partial charge in [-0.1, -0.05) is 0 Å². The van der Waals surface area contributed by atoms with Crippen LogP contribution in [0.2, 0.25) is 0 Å². The molecule has 1 N–H and O–H groups in total. The van der Waals surface area contributed by atoms with Gasteiger partial charge in [-0.05, 0) is 28.4 Å². The number of anilines is 1. The third kappa shape index (κ3) is 2.33. The molecule has 2 rings (SSSR count). The molecule has 14 heavy (non-hydrogen) atoms. The molecule has 76 valence electrons. The average Bonchev–Trinajstić information content (AvgIpc) is 2.56. The van der Waals surface area contributed by atoms with Gasteiger partial charge in [0.15, 0.2) is 0 Å². The third-order valence-corrected chi connectivity index (χ3v) is 4.31. The highest BCUT2D eigenvalue weighted by atomic mass is 79.9. The maximum atomic E-state index is 11.2. The van der Waals surface area contributed by atoms with E-state index in [0.29, 0.717) is 6.04 Å². The lowest BCUT2D eigenvalue weighted by Gasteiger charge is -2.13. The quantitative estimate of drug-likeness (QED) is 0.894. The number of nitrogens with one attached hydrogen (secondary N) is 1. The molecule has 3 nitrogen and oxygen atoms in total. The number of hydrogen-bond acceptors (Lipinski definition) is 3. The van der Waals surface area contributed by atoms with Crippen LogP contribution in [0, 0.1) is 0 Å². The van der Waals surface area contributed by atoms with Gasteiger partial charge in [-0.25, -0.2) is 0 Å². The molecule has 0 amide bonds. The summed E-state index contributed by atoms with van der Waals surface area (Å²) in [6, 6.07) is 2.26. The Hall–Kier alpha value is -0.420. The van der Waals surface area contributed by atoms with Gasteiger partial charge in [-0.15, -0.1) is 0 Å². The van der Waals surface area contributed by atoms with Crippen molar-refractivity contribution in [3.63, 3.8) is 0 Å². The van der Waals surface area contributed by atoms with E-state index < -0.39 is 10.8 Å². The minimum absolute atomic E-state index is 0.342. The van der Waals surface area contributed by atoms with E-state index in [9.17, 15) is 4.21 Å². The largest absolute Gasteiger partial charge is 0.380 e. The molecule has 0 bridgehead atoms. The van der Waals surface area contributed by atoms with Crippen LogP contribution in [-0.2, 0) is 10.8 Å². The van der Waals surface area contributed by atoms with Crippen molar-refractivity contribution in [2.75, 3.05) is 16.8 Å². The number of hydrogen-bond donors (Lipinski definition) is 1. The maximum absolute atomic E-state index is 11.2. The molecule has 0 aromatic carbocycles. The first kappa shape index (κ1) is 10.1. The van der Waals surface area contributed by atoms with Gasteiger partial charge in [0, 0.05) is 40.7 Å². The molecular weight excluding hydrogens is 264 g/mol. The van der Waals surface area contributed by atoms with Crippen LogP contribution in [0.3, 0.4) is 0 Å². The van der Waals surface area contributed by atoms with E-state index in [1.807, 2.05) is 6.07 Å². The van der Waals surface area contributed by atoms with Gasteiger partial charge in [-0.3, -0.25) is 9.19 Å². The number of nitrogens with zero attached hydrogens (tertiary/aromatic N) is 1. The lowest BCUT2D eigenvalue weighted by molar-refractivity contribution is 0.687. The van der Waals surface area contributed by atoms with Gasteiger partial charge < -0.3 is 5.32 Å². The van der Waals surface area contributed by atoms with Crippen LogP contribution >= 0.6 is 15.9 Å². The summed E-state index contributed by atoms with van der Waals surface area (Å²) in [6.07, 6.45) is 4.49. The van der Waals surface area contributed by atoms with Crippen LogP contribution in [0.1, 0.15) is 6.42 Å². The fourth-order valence-electron chi connectivity index (χ4n) is 1.49. The normalized spacial score (nSPS) is 26.4. The summed E-state index contributed by atoms with van der Waals surface area (Å²) in [4.78, 5) is 3.99. The van der Waals surface area contributed by atoms with Crippen LogP contribution < -0.4 is 5.32 Å². The Morgan fingerprint density at radius 3 is 3.14 bits per heavy atom. The average molecular weight is 275 g/mol. The summed E-state index contributed by atoms with van der Waals surface area (Å²) in [7, 11) is -0.627. The molecule has 1 aliphatic heterocycles. The molecule has 1 aromatic rings. The van der Waals surface area contributed by atoms with Gasteiger partial charge >= 0.3 is 0 Å². The van der Waals surface area contributed by atoms with E-state index in [1.54, 1.807) is 12.4 Å². The fourth-order valence-corrected chi connectivity index (χ4v) is 3.27. The Kier molecular flexibility index (Phi) is 3.18. The summed E-state index contributed by atoms with van der Waals surface area (Å²) < 4.78 is 12.1. The van der Waals surface area contributed by atoms with Crippen molar-refractivity contribution in [1.29, 1.82) is 0 Å². The van der Waals surface area contributed by atoms with E-state index in [4.69, 9.17) is 0 Å². The van der Waals surface area contributed by atoms with Crippen molar-refractivity contribution in [3.8, 4) is 0 Å². The van der Waals surface area contributed by atoms with Gasteiger partial charge in [-0.2, -0.15) is 0 Å². The van der Waals surface area contributed by atoms with E-state index in [2.05, 4.69) is 26.2 Å². The van der Waals surface area contributed by atoms with Gasteiger partial charge in [0.1, 0.15) is 0 Å². The molecule has 1 aliphatic rings. The second kappa shape index (κ2) is 4.40. The number of pyridine rings is 1. The molecule has 1 fully saturated rings. The summed E-state index contributed by atoms with van der Waals surface area (Å²) >= 11 is 3.42. The number of halogens is 1. The Balaban J connectivity index is 2.04. The Morgan fingerprint density at radius 1 is 1.64 bits per heavy atom. The highest BCUT2D eigenvalue weighted by molar-refractivity contribution is 9.10. The van der Waals surface area contributed by atoms with Crippen molar-refractivity contribution in [2.45, 2.75) is 12.5 Å². The van der Waals surface area contributed by atoms with E-state index in [0.717, 1.165) is 28.1 Å². The monoisotopic (exact) mass is 274 g/mol. The van der Waals surface area contributed by atoms with Gasteiger partial charge in [0.05, 0.1) is 10.2 Å². The Morgan fingerprint density at radius 2 is 2.50 bits per heavy atom. The minimum atomic E-state index is -0.627.